The van der Waals surface area contributed by atoms with Crippen LogP contribution in [-0.4, -0.2) is 54.3 Å². The molecule has 0 saturated carbocycles. The molecule has 0 bridgehead atoms. The van der Waals surface area contributed by atoms with Crippen molar-refractivity contribution in [3.63, 3.8) is 0 Å². The van der Waals surface area contributed by atoms with Crippen molar-refractivity contribution >= 4 is 41.4 Å². The third kappa shape index (κ3) is 1.97. The zero-order chi connectivity index (χ0) is 12.5. The molecule has 0 unspecified atom stereocenters. The van der Waals surface area contributed by atoms with Crippen LogP contribution in [0.15, 0.2) is 9.81 Å². The summed E-state index contributed by atoms with van der Waals surface area (Å²) < 4.78 is 0.626. The second-order valence-electron chi connectivity index (χ2n) is 3.08. The lowest BCUT2D eigenvalue weighted by molar-refractivity contribution is -0.134. The minimum atomic E-state index is -0.597. The molecular weight excluding hydrogens is 248 g/mol. The molecule has 1 fully saturated rings. The maximum atomic E-state index is 11.8. The van der Waals surface area contributed by atoms with E-state index >= 15 is 0 Å². The highest BCUT2D eigenvalue weighted by Gasteiger charge is 2.39. The molecule has 88 valence electrons. The van der Waals surface area contributed by atoms with Gasteiger partial charge in [0.25, 0.3) is 11.8 Å². The fourth-order valence-electron chi connectivity index (χ4n) is 1.29. The number of hydrogen-bond donors (Lipinski definition) is 0. The number of thioether (sulfide) groups is 2. The fraction of sp³-hybridized carbons (Fsp3) is 0.444. The number of barbiturate groups is 1. The maximum Gasteiger partial charge on any atom is 0.333 e. The molecule has 5 nitrogen and oxygen atoms in total. The summed E-state index contributed by atoms with van der Waals surface area (Å²) >= 11 is 2.65. The highest BCUT2D eigenvalue weighted by Crippen LogP contribution is 2.31. The smallest absolute Gasteiger partial charge is 0.268 e. The van der Waals surface area contributed by atoms with Crippen LogP contribution in [0.5, 0.6) is 0 Å². The van der Waals surface area contributed by atoms with E-state index in [4.69, 9.17) is 0 Å². The van der Waals surface area contributed by atoms with Gasteiger partial charge >= 0.3 is 6.03 Å². The molecule has 0 N–H and O–H groups in total. The van der Waals surface area contributed by atoms with Crippen LogP contribution >= 0.6 is 23.5 Å². The second-order valence-corrected chi connectivity index (χ2v) is 4.97. The number of carbonyl (C=O) groups is 3. The first-order chi connectivity index (χ1) is 7.45. The van der Waals surface area contributed by atoms with E-state index in [1.165, 1.54) is 37.6 Å². The van der Waals surface area contributed by atoms with E-state index < -0.39 is 17.8 Å². The maximum absolute atomic E-state index is 11.8. The number of carbonyl (C=O) groups excluding carboxylic acids is 3. The van der Waals surface area contributed by atoms with Crippen LogP contribution < -0.4 is 0 Å². The number of imide groups is 2. The highest BCUT2D eigenvalue weighted by atomic mass is 32.2. The van der Waals surface area contributed by atoms with Crippen molar-refractivity contribution in [2.24, 2.45) is 0 Å². The molecule has 1 saturated heterocycles. The molecule has 16 heavy (non-hydrogen) atoms. The molecule has 0 aromatic rings. The minimum Gasteiger partial charge on any atom is -0.268 e. The Balaban J connectivity index is 3.29. The van der Waals surface area contributed by atoms with Crippen molar-refractivity contribution < 1.29 is 14.4 Å². The van der Waals surface area contributed by atoms with Gasteiger partial charge in [0.2, 0.25) is 0 Å². The SMILES string of the molecule is CSC(SC)=C1C(=O)N(C)C(=O)N(C)C1=O. The minimum absolute atomic E-state index is 0.0737. The molecule has 1 aliphatic rings. The van der Waals surface area contributed by atoms with Gasteiger partial charge in [-0.3, -0.25) is 19.4 Å². The molecule has 0 radical (unpaired) electrons. The summed E-state index contributed by atoms with van der Waals surface area (Å²) in [6.45, 7) is 0. The van der Waals surface area contributed by atoms with Gasteiger partial charge in [0.05, 0.1) is 4.24 Å². The quantitative estimate of drug-likeness (QED) is 0.547. The van der Waals surface area contributed by atoms with Crippen LogP contribution in [0.1, 0.15) is 0 Å². The fourth-order valence-corrected chi connectivity index (χ4v) is 2.71. The van der Waals surface area contributed by atoms with Gasteiger partial charge in [0.1, 0.15) is 5.57 Å². The zero-order valence-electron chi connectivity index (χ0n) is 9.44. The van der Waals surface area contributed by atoms with Crippen LogP contribution in [-0.2, 0) is 9.59 Å². The summed E-state index contributed by atoms with van der Waals surface area (Å²) in [6.07, 6.45) is 3.58. The summed E-state index contributed by atoms with van der Waals surface area (Å²) in [5.41, 5.74) is 0.0737. The van der Waals surface area contributed by atoms with Crippen molar-refractivity contribution in [2.45, 2.75) is 0 Å². The number of rotatable bonds is 2. The number of likely N-dealkylation sites (N-methyl/N-ethyl adjacent to an activating group) is 2. The molecule has 7 heteroatoms. The van der Waals surface area contributed by atoms with E-state index in [-0.39, 0.29) is 5.57 Å². The van der Waals surface area contributed by atoms with E-state index in [0.29, 0.717) is 4.24 Å². The molecule has 1 aliphatic heterocycles. The topological polar surface area (TPSA) is 57.7 Å². The Morgan fingerprint density at radius 1 is 0.938 bits per heavy atom. The molecule has 4 amide bonds. The van der Waals surface area contributed by atoms with Gasteiger partial charge in [-0.05, 0) is 12.5 Å². The predicted molar refractivity (Wildman–Crippen MR) is 65.0 cm³/mol. The van der Waals surface area contributed by atoms with Crippen molar-refractivity contribution in [3.05, 3.63) is 9.81 Å². The van der Waals surface area contributed by atoms with Crippen molar-refractivity contribution in [3.8, 4) is 0 Å². The number of hydrogen-bond acceptors (Lipinski definition) is 5. The van der Waals surface area contributed by atoms with Crippen molar-refractivity contribution in [1.82, 2.24) is 9.80 Å². The Morgan fingerprint density at radius 2 is 1.31 bits per heavy atom. The highest BCUT2D eigenvalue weighted by molar-refractivity contribution is 8.21. The average molecular weight is 260 g/mol. The van der Waals surface area contributed by atoms with E-state index in [0.717, 1.165) is 9.80 Å². The summed E-state index contributed by atoms with van der Waals surface area (Å²) in [5.74, 6) is -1.07. The van der Waals surface area contributed by atoms with Gasteiger partial charge in [-0.2, -0.15) is 0 Å². The van der Waals surface area contributed by atoms with Crippen LogP contribution in [0.4, 0.5) is 4.79 Å². The van der Waals surface area contributed by atoms with Crippen molar-refractivity contribution in [1.29, 1.82) is 0 Å². The zero-order valence-corrected chi connectivity index (χ0v) is 11.1. The Morgan fingerprint density at radius 3 is 1.62 bits per heavy atom. The van der Waals surface area contributed by atoms with Gasteiger partial charge in [-0.25, -0.2) is 4.79 Å². The Labute approximate surface area is 102 Å². The van der Waals surface area contributed by atoms with E-state index in [1.54, 1.807) is 12.5 Å². The number of nitrogens with zero attached hydrogens (tertiary/aromatic N) is 2. The third-order valence-electron chi connectivity index (χ3n) is 2.19. The van der Waals surface area contributed by atoms with Crippen LogP contribution in [0.2, 0.25) is 0 Å². The average Bonchev–Trinajstić information content (AvgIpc) is 2.29. The number of urea groups is 1. The molecule has 0 aliphatic carbocycles. The van der Waals surface area contributed by atoms with Crippen LogP contribution in [0, 0.1) is 0 Å². The normalized spacial score (nSPS) is 17.2. The monoisotopic (exact) mass is 260 g/mol. The first kappa shape index (κ1) is 13.1. The summed E-state index contributed by atoms with van der Waals surface area (Å²) in [5, 5.41) is 0. The first-order valence-electron chi connectivity index (χ1n) is 4.38. The third-order valence-corrected chi connectivity index (χ3v) is 4.34. The standard InChI is InChI=1S/C9H12N2O3S2/c1-10-6(12)5(8(15-3)16-4)7(13)11(2)9(10)14/h1-4H3. The van der Waals surface area contributed by atoms with Gasteiger partial charge in [0, 0.05) is 14.1 Å². The Hall–Kier alpha value is -0.950. The van der Waals surface area contributed by atoms with E-state index in [9.17, 15) is 14.4 Å². The Kier molecular flexibility index (Phi) is 4.03. The van der Waals surface area contributed by atoms with Gasteiger partial charge < -0.3 is 0 Å². The molecule has 1 heterocycles. The first-order valence-corrected chi connectivity index (χ1v) is 6.83. The molecule has 0 aromatic heterocycles. The lowest BCUT2D eigenvalue weighted by Crippen LogP contribution is -2.53. The van der Waals surface area contributed by atoms with E-state index in [2.05, 4.69) is 0 Å². The molecule has 0 spiro atoms. The van der Waals surface area contributed by atoms with Gasteiger partial charge in [0.15, 0.2) is 0 Å². The van der Waals surface area contributed by atoms with Crippen LogP contribution in [0.3, 0.4) is 0 Å². The van der Waals surface area contributed by atoms with E-state index in [1.807, 2.05) is 0 Å². The summed E-state index contributed by atoms with van der Waals surface area (Å²) in [4.78, 5) is 37.0. The van der Waals surface area contributed by atoms with Crippen LogP contribution in [0.25, 0.3) is 0 Å². The van der Waals surface area contributed by atoms with Gasteiger partial charge in [-0.1, -0.05) is 0 Å². The summed E-state index contributed by atoms with van der Waals surface area (Å²) in [6, 6.07) is -0.597. The second kappa shape index (κ2) is 4.92. The largest absolute Gasteiger partial charge is 0.333 e. The molecule has 1 rings (SSSR count). The van der Waals surface area contributed by atoms with Gasteiger partial charge in [-0.15, -0.1) is 23.5 Å². The van der Waals surface area contributed by atoms with Crippen molar-refractivity contribution in [2.75, 3.05) is 26.6 Å². The summed E-state index contributed by atoms with van der Waals surface area (Å²) in [7, 11) is 2.73. The Bertz CT molecular complexity index is 360. The lowest BCUT2D eigenvalue weighted by Gasteiger charge is -2.29. The predicted octanol–water partition coefficient (Wildman–Crippen LogP) is 0.974. The number of amides is 4. The molecule has 0 aromatic carbocycles. The lowest BCUT2D eigenvalue weighted by atomic mass is 10.2. The molecule has 0 atom stereocenters. The molecular formula is C9H12N2O3S2.